The number of hydrogen-bond acceptors (Lipinski definition) is 3. The second-order valence-electron chi connectivity index (χ2n) is 4.04. The van der Waals surface area contributed by atoms with Crippen molar-refractivity contribution in [1.29, 1.82) is 0 Å². The molecule has 1 aromatic carbocycles. The predicted octanol–water partition coefficient (Wildman–Crippen LogP) is 1.18. The van der Waals surface area contributed by atoms with Crippen LogP contribution in [0.2, 0.25) is 5.02 Å². The van der Waals surface area contributed by atoms with Gasteiger partial charge in [-0.25, -0.2) is 0 Å². The Balaban J connectivity index is 1.90. The highest BCUT2D eigenvalue weighted by atomic mass is 35.5. The number of nitrogens with one attached hydrogen (secondary N) is 2. The molecule has 2 rings (SSSR count). The summed E-state index contributed by atoms with van der Waals surface area (Å²) >= 11 is 6.00. The molecule has 0 saturated carbocycles. The van der Waals surface area contributed by atoms with E-state index in [1.54, 1.807) is 19.2 Å². The molecule has 4 nitrogen and oxygen atoms in total. The van der Waals surface area contributed by atoms with Crippen molar-refractivity contribution in [2.24, 2.45) is 5.92 Å². The first-order valence-electron chi connectivity index (χ1n) is 5.51. The summed E-state index contributed by atoms with van der Waals surface area (Å²) in [7, 11) is 1.58. The predicted molar refractivity (Wildman–Crippen MR) is 66.2 cm³/mol. The van der Waals surface area contributed by atoms with Crippen molar-refractivity contribution < 1.29 is 9.53 Å². The molecule has 2 N–H and O–H groups in total. The van der Waals surface area contributed by atoms with Gasteiger partial charge in [-0.05, 0) is 17.7 Å². The highest BCUT2D eigenvalue weighted by Gasteiger charge is 2.24. The van der Waals surface area contributed by atoms with Crippen LogP contribution in [0, 0.1) is 5.92 Å². The minimum absolute atomic E-state index is 0.0932. The van der Waals surface area contributed by atoms with Crippen molar-refractivity contribution in [2.45, 2.75) is 6.54 Å². The van der Waals surface area contributed by atoms with Gasteiger partial charge in [0, 0.05) is 19.6 Å². The summed E-state index contributed by atoms with van der Waals surface area (Å²) in [5.41, 5.74) is 0.969. The molecule has 1 aromatic rings. The third-order valence-electron chi connectivity index (χ3n) is 2.84. The van der Waals surface area contributed by atoms with Crippen molar-refractivity contribution in [3.8, 4) is 5.75 Å². The highest BCUT2D eigenvalue weighted by molar-refractivity contribution is 6.32. The van der Waals surface area contributed by atoms with E-state index in [1.807, 2.05) is 6.07 Å². The number of hydrogen-bond donors (Lipinski definition) is 2. The van der Waals surface area contributed by atoms with E-state index in [0.717, 1.165) is 18.7 Å². The normalized spacial score (nSPS) is 15.2. The van der Waals surface area contributed by atoms with Crippen LogP contribution in [0.5, 0.6) is 5.75 Å². The molecule has 0 atom stereocenters. The van der Waals surface area contributed by atoms with Crippen LogP contribution in [0.4, 0.5) is 0 Å². The highest BCUT2D eigenvalue weighted by Crippen LogP contribution is 2.24. The third-order valence-corrected chi connectivity index (χ3v) is 3.13. The van der Waals surface area contributed by atoms with Gasteiger partial charge in [-0.15, -0.1) is 0 Å². The lowest BCUT2D eigenvalue weighted by atomic mass is 10.0. The Kier molecular flexibility index (Phi) is 3.86. The summed E-state index contributed by atoms with van der Waals surface area (Å²) in [5.74, 6) is 0.851. The van der Waals surface area contributed by atoms with Gasteiger partial charge in [-0.1, -0.05) is 17.7 Å². The van der Waals surface area contributed by atoms with Crippen LogP contribution in [0.3, 0.4) is 0 Å². The first-order chi connectivity index (χ1) is 8.20. The Bertz CT molecular complexity index is 419. The number of carbonyl (C=O) groups excluding carboxylic acids is 1. The molecule has 1 aliphatic heterocycles. The SMILES string of the molecule is COc1ccc(CNC(=O)C2CNC2)cc1Cl. The standard InChI is InChI=1S/C12H15ClN2O2/c1-17-11-3-2-8(4-10(11)13)5-15-12(16)9-6-14-7-9/h2-4,9,14H,5-7H2,1H3,(H,15,16). The molecule has 1 saturated heterocycles. The lowest BCUT2D eigenvalue weighted by Gasteiger charge is -2.25. The van der Waals surface area contributed by atoms with E-state index in [-0.39, 0.29) is 11.8 Å². The Hall–Kier alpha value is -1.26. The summed E-state index contributed by atoms with van der Waals surface area (Å²) < 4.78 is 5.06. The van der Waals surface area contributed by atoms with Crippen molar-refractivity contribution in [3.05, 3.63) is 28.8 Å². The fourth-order valence-electron chi connectivity index (χ4n) is 1.63. The van der Waals surface area contributed by atoms with Gasteiger partial charge < -0.3 is 15.4 Å². The zero-order chi connectivity index (χ0) is 12.3. The molecular weight excluding hydrogens is 240 g/mol. The van der Waals surface area contributed by atoms with E-state index in [9.17, 15) is 4.79 Å². The lowest BCUT2D eigenvalue weighted by molar-refractivity contribution is -0.126. The maximum Gasteiger partial charge on any atom is 0.225 e. The largest absolute Gasteiger partial charge is 0.495 e. The fourth-order valence-corrected chi connectivity index (χ4v) is 1.91. The number of carbonyl (C=O) groups is 1. The van der Waals surface area contributed by atoms with Crippen LogP contribution in [0.1, 0.15) is 5.56 Å². The van der Waals surface area contributed by atoms with Crippen molar-refractivity contribution in [3.63, 3.8) is 0 Å². The first kappa shape index (κ1) is 12.2. The summed E-state index contributed by atoms with van der Waals surface area (Å²) in [4.78, 5) is 11.6. The maximum atomic E-state index is 11.6. The molecule has 1 heterocycles. The summed E-state index contributed by atoms with van der Waals surface area (Å²) in [6.07, 6.45) is 0. The molecule has 0 bridgehead atoms. The third kappa shape index (κ3) is 2.90. The van der Waals surface area contributed by atoms with Gasteiger partial charge in [0.25, 0.3) is 0 Å². The number of benzene rings is 1. The number of rotatable bonds is 4. The molecule has 0 spiro atoms. The topological polar surface area (TPSA) is 50.4 Å². The van der Waals surface area contributed by atoms with Gasteiger partial charge in [0.05, 0.1) is 18.1 Å². The molecule has 0 aliphatic carbocycles. The van der Waals surface area contributed by atoms with Crippen molar-refractivity contribution in [2.75, 3.05) is 20.2 Å². The number of amides is 1. The molecule has 17 heavy (non-hydrogen) atoms. The van der Waals surface area contributed by atoms with E-state index in [2.05, 4.69) is 10.6 Å². The minimum atomic E-state index is 0.0932. The van der Waals surface area contributed by atoms with Crippen LogP contribution < -0.4 is 15.4 Å². The lowest BCUT2D eigenvalue weighted by Crippen LogP contribution is -2.50. The molecule has 1 fully saturated rings. The number of ether oxygens (including phenoxy) is 1. The van der Waals surface area contributed by atoms with Gasteiger partial charge >= 0.3 is 0 Å². The zero-order valence-corrected chi connectivity index (χ0v) is 10.4. The molecule has 0 radical (unpaired) electrons. The molecular formula is C12H15ClN2O2. The van der Waals surface area contributed by atoms with Gasteiger partial charge in [-0.3, -0.25) is 4.79 Å². The zero-order valence-electron chi connectivity index (χ0n) is 9.63. The average Bonchev–Trinajstić information content (AvgIpc) is 2.24. The van der Waals surface area contributed by atoms with Crippen LogP contribution in [0.15, 0.2) is 18.2 Å². The van der Waals surface area contributed by atoms with Gasteiger partial charge in [-0.2, -0.15) is 0 Å². The summed E-state index contributed by atoms with van der Waals surface area (Å²) in [6, 6.07) is 5.50. The molecule has 5 heteroatoms. The van der Waals surface area contributed by atoms with Crippen LogP contribution in [-0.2, 0) is 11.3 Å². The van der Waals surface area contributed by atoms with Crippen molar-refractivity contribution >= 4 is 17.5 Å². The van der Waals surface area contributed by atoms with E-state index < -0.39 is 0 Å². The summed E-state index contributed by atoms with van der Waals surface area (Å²) in [5, 5.41) is 6.51. The number of halogens is 1. The van der Waals surface area contributed by atoms with E-state index in [1.165, 1.54) is 0 Å². The molecule has 1 amide bonds. The molecule has 0 unspecified atom stereocenters. The second kappa shape index (κ2) is 5.38. The first-order valence-corrected chi connectivity index (χ1v) is 5.89. The molecule has 1 aliphatic rings. The van der Waals surface area contributed by atoms with Crippen molar-refractivity contribution in [1.82, 2.24) is 10.6 Å². The van der Waals surface area contributed by atoms with Gasteiger partial charge in [0.15, 0.2) is 0 Å². The van der Waals surface area contributed by atoms with Crippen LogP contribution in [0.25, 0.3) is 0 Å². The van der Waals surface area contributed by atoms with Gasteiger partial charge in [0.2, 0.25) is 5.91 Å². The second-order valence-corrected chi connectivity index (χ2v) is 4.45. The molecule has 92 valence electrons. The maximum absolute atomic E-state index is 11.6. The van der Waals surface area contributed by atoms with E-state index >= 15 is 0 Å². The Morgan fingerprint density at radius 3 is 2.88 bits per heavy atom. The average molecular weight is 255 g/mol. The number of methoxy groups -OCH3 is 1. The molecule has 0 aromatic heterocycles. The van der Waals surface area contributed by atoms with E-state index in [0.29, 0.717) is 17.3 Å². The van der Waals surface area contributed by atoms with Gasteiger partial charge in [0.1, 0.15) is 5.75 Å². The van der Waals surface area contributed by atoms with E-state index in [4.69, 9.17) is 16.3 Å². The van der Waals surface area contributed by atoms with Crippen LogP contribution in [-0.4, -0.2) is 26.1 Å². The summed E-state index contributed by atoms with van der Waals surface area (Å²) in [6.45, 7) is 2.05. The Morgan fingerprint density at radius 1 is 1.59 bits per heavy atom. The minimum Gasteiger partial charge on any atom is -0.495 e. The fraction of sp³-hybridized carbons (Fsp3) is 0.417. The smallest absolute Gasteiger partial charge is 0.225 e. The Labute approximate surface area is 105 Å². The quantitative estimate of drug-likeness (QED) is 0.849. The van der Waals surface area contributed by atoms with Crippen LogP contribution >= 0.6 is 11.6 Å². The monoisotopic (exact) mass is 254 g/mol. The Morgan fingerprint density at radius 2 is 2.35 bits per heavy atom.